The summed E-state index contributed by atoms with van der Waals surface area (Å²) < 4.78 is 5.44. The first-order chi connectivity index (χ1) is 10.2. The van der Waals surface area contributed by atoms with Crippen molar-refractivity contribution in [2.45, 2.75) is 10.6 Å². The zero-order chi connectivity index (χ0) is 14.7. The van der Waals surface area contributed by atoms with E-state index in [0.717, 1.165) is 15.5 Å². The number of aromatic carboxylic acids is 1. The molecule has 0 saturated heterocycles. The van der Waals surface area contributed by atoms with E-state index in [2.05, 4.69) is 9.97 Å². The number of oxazole rings is 1. The largest absolute Gasteiger partial charge is 0.477 e. The number of pyridine rings is 1. The van der Waals surface area contributed by atoms with E-state index in [1.54, 1.807) is 29.7 Å². The summed E-state index contributed by atoms with van der Waals surface area (Å²) in [7, 11) is 0. The molecule has 7 heteroatoms. The van der Waals surface area contributed by atoms with Gasteiger partial charge in [0.25, 0.3) is 0 Å². The van der Waals surface area contributed by atoms with E-state index in [1.807, 2.05) is 17.5 Å². The van der Waals surface area contributed by atoms with Crippen molar-refractivity contribution >= 4 is 29.1 Å². The van der Waals surface area contributed by atoms with Gasteiger partial charge in [0.1, 0.15) is 12.0 Å². The highest BCUT2D eigenvalue weighted by Gasteiger charge is 2.09. The first-order valence-corrected chi connectivity index (χ1v) is 7.89. The zero-order valence-electron chi connectivity index (χ0n) is 10.7. The summed E-state index contributed by atoms with van der Waals surface area (Å²) in [6, 6.07) is 7.23. The van der Waals surface area contributed by atoms with Crippen molar-refractivity contribution < 1.29 is 14.3 Å². The summed E-state index contributed by atoms with van der Waals surface area (Å²) in [5.74, 6) is 0.193. The van der Waals surface area contributed by atoms with Gasteiger partial charge >= 0.3 is 5.97 Å². The van der Waals surface area contributed by atoms with Gasteiger partial charge in [-0.3, -0.25) is 0 Å². The number of nitrogens with zero attached hydrogens (tertiary/aromatic N) is 2. The lowest BCUT2D eigenvalue weighted by molar-refractivity contribution is 0.0690. The van der Waals surface area contributed by atoms with Crippen LogP contribution in [0.3, 0.4) is 0 Å². The number of thiophene rings is 1. The molecule has 3 aromatic heterocycles. The van der Waals surface area contributed by atoms with Crippen LogP contribution in [0.15, 0.2) is 51.4 Å². The molecule has 0 aliphatic carbocycles. The van der Waals surface area contributed by atoms with Crippen LogP contribution in [0.25, 0.3) is 10.8 Å². The highest BCUT2D eigenvalue weighted by atomic mass is 32.2. The summed E-state index contributed by atoms with van der Waals surface area (Å²) in [4.78, 5) is 20.9. The molecule has 106 valence electrons. The van der Waals surface area contributed by atoms with E-state index in [9.17, 15) is 4.79 Å². The van der Waals surface area contributed by atoms with Crippen LogP contribution in [0.4, 0.5) is 0 Å². The molecule has 21 heavy (non-hydrogen) atoms. The second-order valence-electron chi connectivity index (χ2n) is 4.09. The fourth-order valence-corrected chi connectivity index (χ4v) is 3.12. The quantitative estimate of drug-likeness (QED) is 0.721. The molecular weight excluding hydrogens is 308 g/mol. The van der Waals surface area contributed by atoms with Gasteiger partial charge in [-0.2, -0.15) is 0 Å². The van der Waals surface area contributed by atoms with Crippen LogP contribution in [-0.2, 0) is 5.75 Å². The van der Waals surface area contributed by atoms with Gasteiger partial charge in [0.15, 0.2) is 0 Å². The van der Waals surface area contributed by atoms with Crippen LogP contribution >= 0.6 is 23.1 Å². The third-order valence-corrected chi connectivity index (χ3v) is 4.51. The molecule has 0 atom stereocenters. The molecule has 3 rings (SSSR count). The summed E-state index contributed by atoms with van der Waals surface area (Å²) in [5.41, 5.74) is 0.858. The fourth-order valence-electron chi connectivity index (χ4n) is 1.66. The normalized spacial score (nSPS) is 10.7. The Balaban J connectivity index is 1.68. The third kappa shape index (κ3) is 3.32. The Bertz CT molecular complexity index is 753. The zero-order valence-corrected chi connectivity index (χ0v) is 12.4. The molecule has 0 aliphatic rings. The van der Waals surface area contributed by atoms with Crippen LogP contribution in [0.2, 0.25) is 0 Å². The number of carboxylic acids is 1. The van der Waals surface area contributed by atoms with Gasteiger partial charge < -0.3 is 9.52 Å². The van der Waals surface area contributed by atoms with Gasteiger partial charge in [-0.15, -0.1) is 23.1 Å². The number of carboxylic acid groups (broad SMARTS) is 1. The number of carbonyl (C=O) groups is 1. The molecule has 0 aliphatic heterocycles. The summed E-state index contributed by atoms with van der Waals surface area (Å²) in [5, 5.41) is 10.9. The van der Waals surface area contributed by atoms with Crippen LogP contribution in [0, 0.1) is 0 Å². The molecule has 3 aromatic rings. The molecular formula is C14H10N2O3S2. The molecule has 3 heterocycles. The molecule has 0 fully saturated rings. The minimum Gasteiger partial charge on any atom is -0.477 e. The number of hydrogen-bond donors (Lipinski definition) is 1. The SMILES string of the molecule is O=C(O)c1cc(SCc2coc(-c3cccs3)n2)ccn1. The predicted octanol–water partition coefficient (Wildman–Crippen LogP) is 3.79. The standard InChI is InChI=1S/C14H10N2O3S2/c17-14(18)11-6-10(3-4-15-11)21-8-9-7-19-13(16-9)12-2-1-5-20-12/h1-7H,8H2,(H,17,18). The van der Waals surface area contributed by atoms with Crippen molar-refractivity contribution in [3.05, 3.63) is 53.5 Å². The maximum atomic E-state index is 10.9. The summed E-state index contributed by atoms with van der Waals surface area (Å²) >= 11 is 3.07. The number of thioether (sulfide) groups is 1. The summed E-state index contributed by atoms with van der Waals surface area (Å²) in [6.07, 6.45) is 3.12. The van der Waals surface area contributed by atoms with Crippen LogP contribution in [0.1, 0.15) is 16.2 Å². The van der Waals surface area contributed by atoms with Gasteiger partial charge in [-0.05, 0) is 23.6 Å². The van der Waals surface area contributed by atoms with Crippen molar-refractivity contribution in [3.8, 4) is 10.8 Å². The van der Waals surface area contributed by atoms with E-state index in [1.165, 1.54) is 18.0 Å². The van der Waals surface area contributed by atoms with E-state index in [0.29, 0.717) is 11.6 Å². The predicted molar refractivity (Wildman–Crippen MR) is 80.6 cm³/mol. The van der Waals surface area contributed by atoms with Crippen molar-refractivity contribution in [3.63, 3.8) is 0 Å². The molecule has 0 saturated carbocycles. The van der Waals surface area contributed by atoms with Crippen LogP contribution in [0.5, 0.6) is 0 Å². The number of aromatic nitrogens is 2. The smallest absolute Gasteiger partial charge is 0.354 e. The highest BCUT2D eigenvalue weighted by molar-refractivity contribution is 7.98. The molecule has 0 radical (unpaired) electrons. The second-order valence-corrected chi connectivity index (χ2v) is 6.09. The van der Waals surface area contributed by atoms with Crippen LogP contribution < -0.4 is 0 Å². The maximum absolute atomic E-state index is 10.9. The molecule has 0 aromatic carbocycles. The Morgan fingerprint density at radius 3 is 3.10 bits per heavy atom. The van der Waals surface area contributed by atoms with Crippen LogP contribution in [-0.4, -0.2) is 21.0 Å². The first kappa shape index (κ1) is 13.8. The third-order valence-electron chi connectivity index (χ3n) is 2.62. The Hall–Kier alpha value is -2.12. The van der Waals surface area contributed by atoms with Gasteiger partial charge in [0.2, 0.25) is 5.89 Å². The molecule has 0 unspecified atom stereocenters. The Labute approximate surface area is 128 Å². The van der Waals surface area contributed by atoms with Crippen molar-refractivity contribution in [1.82, 2.24) is 9.97 Å². The molecule has 5 nitrogen and oxygen atoms in total. The first-order valence-electron chi connectivity index (χ1n) is 6.03. The van der Waals surface area contributed by atoms with E-state index in [4.69, 9.17) is 9.52 Å². The van der Waals surface area contributed by atoms with Crippen molar-refractivity contribution in [2.24, 2.45) is 0 Å². The van der Waals surface area contributed by atoms with Crippen molar-refractivity contribution in [1.29, 1.82) is 0 Å². The molecule has 0 amide bonds. The highest BCUT2D eigenvalue weighted by Crippen LogP contribution is 2.27. The second kappa shape index (κ2) is 6.11. The minimum atomic E-state index is -1.03. The number of hydrogen-bond acceptors (Lipinski definition) is 6. The van der Waals surface area contributed by atoms with Crippen molar-refractivity contribution in [2.75, 3.05) is 0 Å². The number of rotatable bonds is 5. The van der Waals surface area contributed by atoms with E-state index >= 15 is 0 Å². The lowest BCUT2D eigenvalue weighted by Gasteiger charge is -1.99. The molecule has 1 N–H and O–H groups in total. The topological polar surface area (TPSA) is 76.2 Å². The fraction of sp³-hybridized carbons (Fsp3) is 0.0714. The average molecular weight is 318 g/mol. The lowest BCUT2D eigenvalue weighted by Crippen LogP contribution is -1.99. The van der Waals surface area contributed by atoms with Gasteiger partial charge in [0, 0.05) is 16.8 Å². The Morgan fingerprint density at radius 2 is 2.33 bits per heavy atom. The van der Waals surface area contributed by atoms with Gasteiger partial charge in [-0.25, -0.2) is 14.8 Å². The average Bonchev–Trinajstić information content (AvgIpc) is 3.16. The van der Waals surface area contributed by atoms with Gasteiger partial charge in [0.05, 0.1) is 10.6 Å². The maximum Gasteiger partial charge on any atom is 0.354 e. The van der Waals surface area contributed by atoms with Gasteiger partial charge in [-0.1, -0.05) is 6.07 Å². The molecule has 0 bridgehead atoms. The lowest BCUT2D eigenvalue weighted by atomic mass is 10.3. The minimum absolute atomic E-state index is 0.0411. The molecule has 0 spiro atoms. The van der Waals surface area contributed by atoms with E-state index < -0.39 is 5.97 Å². The Kier molecular flexibility index (Phi) is 4.03. The monoisotopic (exact) mass is 318 g/mol. The summed E-state index contributed by atoms with van der Waals surface area (Å²) in [6.45, 7) is 0. The van der Waals surface area contributed by atoms with E-state index in [-0.39, 0.29) is 5.69 Å². The Morgan fingerprint density at radius 1 is 1.43 bits per heavy atom.